The molecule has 2 aliphatic rings. The van der Waals surface area contributed by atoms with Crippen LogP contribution in [0.1, 0.15) is 49.9 Å². The van der Waals surface area contributed by atoms with Crippen molar-refractivity contribution in [1.82, 2.24) is 14.8 Å². The summed E-state index contributed by atoms with van der Waals surface area (Å²) in [5.74, 6) is 3.02. The van der Waals surface area contributed by atoms with Gasteiger partial charge in [-0.1, -0.05) is 30.3 Å². The van der Waals surface area contributed by atoms with Crippen LogP contribution in [-0.2, 0) is 24.1 Å². The Labute approximate surface area is 162 Å². The van der Waals surface area contributed by atoms with Crippen LogP contribution in [-0.4, -0.2) is 41.1 Å². The Morgan fingerprint density at radius 3 is 2.70 bits per heavy atom. The molecule has 0 radical (unpaired) electrons. The van der Waals surface area contributed by atoms with E-state index in [1.54, 1.807) is 7.11 Å². The van der Waals surface area contributed by atoms with Crippen molar-refractivity contribution in [1.29, 1.82) is 0 Å². The van der Waals surface area contributed by atoms with Crippen LogP contribution in [0.5, 0.6) is 0 Å². The van der Waals surface area contributed by atoms with Gasteiger partial charge >= 0.3 is 0 Å². The van der Waals surface area contributed by atoms with Gasteiger partial charge in [-0.15, -0.1) is 10.2 Å². The van der Waals surface area contributed by atoms with Gasteiger partial charge in [-0.25, -0.2) is 0 Å². The van der Waals surface area contributed by atoms with Crippen LogP contribution in [0.4, 0.5) is 5.95 Å². The Hall–Kier alpha value is -1.88. The SMILES string of the molecule is COCCc1nnc(N2CCCC2CCCc2ccccc2)n1CC1CC1. The zero-order chi connectivity index (χ0) is 18.5. The molecule has 1 saturated heterocycles. The highest BCUT2D eigenvalue weighted by atomic mass is 16.5. The van der Waals surface area contributed by atoms with E-state index in [0.717, 1.165) is 37.2 Å². The van der Waals surface area contributed by atoms with Crippen LogP contribution in [0.2, 0.25) is 0 Å². The van der Waals surface area contributed by atoms with E-state index in [1.807, 2.05) is 0 Å². The molecule has 1 atom stereocenters. The van der Waals surface area contributed by atoms with Gasteiger partial charge in [0.25, 0.3) is 0 Å². The third-order valence-corrected chi connectivity index (χ3v) is 5.96. The van der Waals surface area contributed by atoms with Crippen molar-refractivity contribution in [2.24, 2.45) is 5.92 Å². The van der Waals surface area contributed by atoms with Crippen molar-refractivity contribution in [3.63, 3.8) is 0 Å². The highest BCUT2D eigenvalue weighted by molar-refractivity contribution is 5.35. The third-order valence-electron chi connectivity index (χ3n) is 5.96. The second-order valence-electron chi connectivity index (χ2n) is 8.08. The van der Waals surface area contributed by atoms with E-state index in [9.17, 15) is 0 Å². The molecular weight excluding hydrogens is 336 g/mol. The first-order valence-electron chi connectivity index (χ1n) is 10.6. The topological polar surface area (TPSA) is 43.2 Å². The lowest BCUT2D eigenvalue weighted by Crippen LogP contribution is -2.32. The number of aromatic nitrogens is 3. The molecule has 0 spiro atoms. The molecule has 2 fully saturated rings. The normalized spacial score (nSPS) is 19.7. The molecule has 2 heterocycles. The summed E-state index contributed by atoms with van der Waals surface area (Å²) in [5, 5.41) is 9.16. The summed E-state index contributed by atoms with van der Waals surface area (Å²) >= 11 is 0. The van der Waals surface area contributed by atoms with Gasteiger partial charge in [0, 0.05) is 32.7 Å². The predicted molar refractivity (Wildman–Crippen MR) is 108 cm³/mol. The van der Waals surface area contributed by atoms with Crippen molar-refractivity contribution >= 4 is 5.95 Å². The monoisotopic (exact) mass is 368 g/mol. The zero-order valence-corrected chi connectivity index (χ0v) is 16.5. The number of aryl methyl sites for hydroxylation is 1. The second-order valence-corrected chi connectivity index (χ2v) is 8.08. The Morgan fingerprint density at radius 2 is 1.93 bits per heavy atom. The fraction of sp³-hybridized carbons (Fsp3) is 0.636. The molecule has 27 heavy (non-hydrogen) atoms. The molecule has 146 valence electrons. The number of hydrogen-bond donors (Lipinski definition) is 0. The standard InChI is InChI=1S/C22H32N4O/c1-27-16-14-21-23-24-22(26(21)17-19-12-13-19)25-15-6-11-20(25)10-5-9-18-7-3-2-4-8-18/h2-4,7-8,19-20H,5-6,9-17H2,1H3. The largest absolute Gasteiger partial charge is 0.384 e. The molecule has 1 aliphatic heterocycles. The van der Waals surface area contributed by atoms with Crippen LogP contribution in [0.3, 0.4) is 0 Å². The van der Waals surface area contributed by atoms with Gasteiger partial charge < -0.3 is 9.64 Å². The lowest BCUT2D eigenvalue weighted by molar-refractivity contribution is 0.199. The summed E-state index contributed by atoms with van der Waals surface area (Å²) in [6, 6.07) is 11.4. The molecule has 5 heteroatoms. The Bertz CT molecular complexity index is 710. The number of hydrogen-bond acceptors (Lipinski definition) is 4. The van der Waals surface area contributed by atoms with Gasteiger partial charge in [-0.2, -0.15) is 0 Å². The van der Waals surface area contributed by atoms with Gasteiger partial charge in [0.2, 0.25) is 5.95 Å². The first-order valence-corrected chi connectivity index (χ1v) is 10.6. The summed E-state index contributed by atoms with van der Waals surface area (Å²) in [6.07, 6.45) is 9.72. The van der Waals surface area contributed by atoms with Crippen molar-refractivity contribution in [3.8, 4) is 0 Å². The van der Waals surface area contributed by atoms with Gasteiger partial charge in [0.05, 0.1) is 6.61 Å². The van der Waals surface area contributed by atoms with Crippen LogP contribution in [0.25, 0.3) is 0 Å². The van der Waals surface area contributed by atoms with E-state index in [-0.39, 0.29) is 0 Å². The van der Waals surface area contributed by atoms with Gasteiger partial charge in [0.1, 0.15) is 5.82 Å². The Balaban J connectivity index is 1.42. The van der Waals surface area contributed by atoms with E-state index >= 15 is 0 Å². The number of benzene rings is 1. The van der Waals surface area contributed by atoms with Crippen LogP contribution < -0.4 is 4.90 Å². The summed E-state index contributed by atoms with van der Waals surface area (Å²) < 4.78 is 7.67. The molecule has 1 saturated carbocycles. The van der Waals surface area contributed by atoms with Crippen LogP contribution >= 0.6 is 0 Å². The van der Waals surface area contributed by atoms with E-state index < -0.39 is 0 Å². The molecule has 1 aliphatic carbocycles. The summed E-state index contributed by atoms with van der Waals surface area (Å²) in [6.45, 7) is 2.90. The molecule has 4 rings (SSSR count). The minimum absolute atomic E-state index is 0.603. The maximum Gasteiger partial charge on any atom is 0.227 e. The highest BCUT2D eigenvalue weighted by Gasteiger charge is 2.31. The van der Waals surface area contributed by atoms with E-state index in [2.05, 4.69) is 50.0 Å². The van der Waals surface area contributed by atoms with Gasteiger partial charge in [-0.05, 0) is 56.4 Å². The summed E-state index contributed by atoms with van der Waals surface area (Å²) in [7, 11) is 1.76. The highest BCUT2D eigenvalue weighted by Crippen LogP contribution is 2.34. The maximum atomic E-state index is 5.28. The second kappa shape index (κ2) is 8.87. The average molecular weight is 369 g/mol. The van der Waals surface area contributed by atoms with E-state index in [4.69, 9.17) is 4.74 Å². The minimum Gasteiger partial charge on any atom is -0.384 e. The predicted octanol–water partition coefficient (Wildman–Crippen LogP) is 3.87. The fourth-order valence-corrected chi connectivity index (χ4v) is 4.25. The molecule has 0 bridgehead atoms. The number of anilines is 1. The lowest BCUT2D eigenvalue weighted by Gasteiger charge is -2.26. The molecule has 0 amide bonds. The molecule has 5 nitrogen and oxygen atoms in total. The van der Waals surface area contributed by atoms with Gasteiger partial charge in [-0.3, -0.25) is 4.57 Å². The molecule has 1 aromatic heterocycles. The molecule has 0 N–H and O–H groups in total. The summed E-state index contributed by atoms with van der Waals surface area (Å²) in [4.78, 5) is 2.54. The van der Waals surface area contributed by atoms with E-state index in [0.29, 0.717) is 12.6 Å². The third kappa shape index (κ3) is 4.70. The molecule has 1 aromatic carbocycles. The van der Waals surface area contributed by atoms with Crippen LogP contribution in [0.15, 0.2) is 30.3 Å². The first-order chi connectivity index (χ1) is 13.3. The maximum absolute atomic E-state index is 5.28. The van der Waals surface area contributed by atoms with Crippen LogP contribution in [0, 0.1) is 5.92 Å². The van der Waals surface area contributed by atoms with Crippen molar-refractivity contribution in [2.75, 3.05) is 25.2 Å². The van der Waals surface area contributed by atoms with E-state index in [1.165, 1.54) is 50.5 Å². The Morgan fingerprint density at radius 1 is 1.07 bits per heavy atom. The number of rotatable bonds is 10. The quantitative estimate of drug-likeness (QED) is 0.638. The van der Waals surface area contributed by atoms with Crippen molar-refractivity contribution in [3.05, 3.63) is 41.7 Å². The fourth-order valence-electron chi connectivity index (χ4n) is 4.25. The van der Waals surface area contributed by atoms with Crippen molar-refractivity contribution < 1.29 is 4.74 Å². The number of nitrogens with zero attached hydrogens (tertiary/aromatic N) is 4. The molecular formula is C22H32N4O. The minimum atomic E-state index is 0.603. The zero-order valence-electron chi connectivity index (χ0n) is 16.5. The average Bonchev–Trinajstić information content (AvgIpc) is 3.25. The first kappa shape index (κ1) is 18.5. The number of methoxy groups -OCH3 is 1. The smallest absolute Gasteiger partial charge is 0.227 e. The molecule has 2 aromatic rings. The van der Waals surface area contributed by atoms with Gasteiger partial charge in [0.15, 0.2) is 0 Å². The Kier molecular flexibility index (Phi) is 6.07. The number of ether oxygens (including phenoxy) is 1. The van der Waals surface area contributed by atoms with Crippen molar-refractivity contribution in [2.45, 2.75) is 64.0 Å². The molecule has 1 unspecified atom stereocenters. The summed E-state index contributed by atoms with van der Waals surface area (Å²) in [5.41, 5.74) is 1.45. The lowest BCUT2D eigenvalue weighted by atomic mass is 10.0.